The molecule has 1 atom stereocenters. The Kier molecular flexibility index (Phi) is 7.45. The molecule has 3 heterocycles. The molecule has 0 saturated heterocycles. The lowest BCUT2D eigenvalue weighted by Gasteiger charge is -2.20. The van der Waals surface area contributed by atoms with Crippen molar-refractivity contribution in [2.24, 2.45) is 0 Å². The summed E-state index contributed by atoms with van der Waals surface area (Å²) in [7, 11) is 0. The number of nitriles is 1. The van der Waals surface area contributed by atoms with E-state index < -0.39 is 17.5 Å². The highest BCUT2D eigenvalue weighted by atomic mass is 35.5. The van der Waals surface area contributed by atoms with Gasteiger partial charge in [0.25, 0.3) is 5.56 Å². The van der Waals surface area contributed by atoms with Crippen LogP contribution in [0.5, 0.6) is 0 Å². The molecule has 1 N–H and O–H groups in total. The largest absolute Gasteiger partial charge is 0.323 e. The van der Waals surface area contributed by atoms with Gasteiger partial charge in [0.2, 0.25) is 5.91 Å². The molecule has 12 heteroatoms. The van der Waals surface area contributed by atoms with Crippen LogP contribution in [0.15, 0.2) is 90.2 Å². The van der Waals surface area contributed by atoms with Crippen LogP contribution in [0.1, 0.15) is 17.3 Å². The molecule has 1 unspecified atom stereocenters. The minimum absolute atomic E-state index is 0.200. The van der Waals surface area contributed by atoms with Gasteiger partial charge in [-0.15, -0.1) is 5.10 Å². The zero-order valence-electron chi connectivity index (χ0n) is 20.1. The molecule has 5 rings (SSSR count). The molecule has 10 nitrogen and oxygen atoms in total. The van der Waals surface area contributed by atoms with Gasteiger partial charge in [-0.05, 0) is 35.9 Å². The number of halogens is 2. The average Bonchev–Trinajstić information content (AvgIpc) is 3.38. The Hall–Kier alpha value is -4.85. The van der Waals surface area contributed by atoms with Crippen LogP contribution in [0.25, 0.3) is 16.9 Å². The third kappa shape index (κ3) is 5.85. The second-order valence-electron chi connectivity index (χ2n) is 8.41. The third-order valence-electron chi connectivity index (χ3n) is 5.84. The zero-order chi connectivity index (χ0) is 27.4. The minimum Gasteiger partial charge on any atom is -0.323 e. The van der Waals surface area contributed by atoms with Crippen molar-refractivity contribution < 1.29 is 4.79 Å². The van der Waals surface area contributed by atoms with E-state index in [1.54, 1.807) is 24.3 Å². The predicted octanol–water partition coefficient (Wildman–Crippen LogP) is 4.49. The van der Waals surface area contributed by atoms with Gasteiger partial charge in [0, 0.05) is 23.1 Å². The van der Waals surface area contributed by atoms with Gasteiger partial charge < -0.3 is 5.32 Å². The second kappa shape index (κ2) is 11.3. The standard InChI is InChI=1S/C27H18Cl2N8O2/c28-18-6-9-23(37-15-25(29)34-35-37)21(11-18)22-12-26(38)36(16-32-22)24(10-17-4-2-1-3-5-17)27(39)33-20-8-7-19(13-30)31-14-20/h1-9,11-12,14-16,24H,10H2,(H,33,39). The first kappa shape index (κ1) is 25.8. The van der Waals surface area contributed by atoms with E-state index in [0.717, 1.165) is 5.56 Å². The maximum absolute atomic E-state index is 13.4. The summed E-state index contributed by atoms with van der Waals surface area (Å²) in [5.41, 5.74) is 2.44. The van der Waals surface area contributed by atoms with Crippen molar-refractivity contribution in [1.29, 1.82) is 5.26 Å². The van der Waals surface area contributed by atoms with Crippen LogP contribution in [-0.4, -0.2) is 35.4 Å². The van der Waals surface area contributed by atoms with Crippen molar-refractivity contribution in [2.75, 3.05) is 5.32 Å². The number of carbonyl (C=O) groups is 1. The van der Waals surface area contributed by atoms with Gasteiger partial charge in [0.15, 0.2) is 5.15 Å². The summed E-state index contributed by atoms with van der Waals surface area (Å²) in [4.78, 5) is 35.3. The number of nitrogens with zero attached hydrogens (tertiary/aromatic N) is 7. The zero-order valence-corrected chi connectivity index (χ0v) is 21.6. The van der Waals surface area contributed by atoms with Crippen LogP contribution >= 0.6 is 23.2 Å². The smallest absolute Gasteiger partial charge is 0.254 e. The summed E-state index contributed by atoms with van der Waals surface area (Å²) in [5.74, 6) is -0.442. The molecule has 0 bridgehead atoms. The Morgan fingerprint density at radius 3 is 2.54 bits per heavy atom. The molecule has 0 aliphatic carbocycles. The van der Waals surface area contributed by atoms with Gasteiger partial charge in [0.1, 0.15) is 17.8 Å². The van der Waals surface area contributed by atoms with E-state index in [1.807, 2.05) is 36.4 Å². The molecule has 0 fully saturated rings. The minimum atomic E-state index is -0.926. The predicted molar refractivity (Wildman–Crippen MR) is 146 cm³/mol. The molecule has 0 aliphatic rings. The summed E-state index contributed by atoms with van der Waals surface area (Å²) >= 11 is 12.2. The molecule has 2 aromatic carbocycles. The van der Waals surface area contributed by atoms with E-state index in [0.29, 0.717) is 27.7 Å². The van der Waals surface area contributed by atoms with E-state index in [9.17, 15) is 9.59 Å². The third-order valence-corrected chi connectivity index (χ3v) is 6.25. The molecular weight excluding hydrogens is 539 g/mol. The van der Waals surface area contributed by atoms with Crippen LogP contribution in [0.2, 0.25) is 10.2 Å². The van der Waals surface area contributed by atoms with E-state index in [-0.39, 0.29) is 17.3 Å². The number of rotatable bonds is 7. The molecule has 0 radical (unpaired) electrons. The van der Waals surface area contributed by atoms with Crippen molar-refractivity contribution in [3.8, 4) is 23.0 Å². The monoisotopic (exact) mass is 556 g/mol. The highest BCUT2D eigenvalue weighted by molar-refractivity contribution is 6.31. The summed E-state index contributed by atoms with van der Waals surface area (Å²) in [6, 6.07) is 19.8. The maximum Gasteiger partial charge on any atom is 0.254 e. The Morgan fingerprint density at radius 1 is 1.05 bits per heavy atom. The van der Waals surface area contributed by atoms with Crippen molar-refractivity contribution in [1.82, 2.24) is 29.5 Å². The SMILES string of the molecule is N#Cc1ccc(NC(=O)C(Cc2ccccc2)n2cnc(-c3cc(Cl)ccc3-n3cc(Cl)nn3)cc2=O)cn1. The first-order chi connectivity index (χ1) is 18.9. The molecule has 39 heavy (non-hydrogen) atoms. The second-order valence-corrected chi connectivity index (χ2v) is 9.23. The van der Waals surface area contributed by atoms with Gasteiger partial charge in [-0.3, -0.25) is 14.2 Å². The highest BCUT2D eigenvalue weighted by Gasteiger charge is 2.24. The lowest BCUT2D eigenvalue weighted by Crippen LogP contribution is -2.34. The number of carbonyl (C=O) groups excluding carboxylic acids is 1. The Balaban J connectivity index is 1.52. The van der Waals surface area contributed by atoms with Crippen molar-refractivity contribution in [2.45, 2.75) is 12.5 Å². The number of aromatic nitrogens is 6. The first-order valence-electron chi connectivity index (χ1n) is 11.6. The topological polar surface area (TPSA) is 131 Å². The number of amides is 1. The van der Waals surface area contributed by atoms with E-state index in [1.165, 1.54) is 40.1 Å². The molecule has 0 spiro atoms. The van der Waals surface area contributed by atoms with Crippen LogP contribution < -0.4 is 10.9 Å². The lowest BCUT2D eigenvalue weighted by atomic mass is 10.0. The highest BCUT2D eigenvalue weighted by Crippen LogP contribution is 2.28. The fraction of sp³-hybridized carbons (Fsp3) is 0.0741. The normalized spacial score (nSPS) is 11.5. The summed E-state index contributed by atoms with van der Waals surface area (Å²) < 4.78 is 2.73. The quantitative estimate of drug-likeness (QED) is 0.312. The van der Waals surface area contributed by atoms with Crippen molar-refractivity contribution in [3.63, 3.8) is 0 Å². The number of benzene rings is 2. The Morgan fingerprint density at radius 2 is 1.87 bits per heavy atom. The summed E-state index contributed by atoms with van der Waals surface area (Å²) in [6.45, 7) is 0. The van der Waals surface area contributed by atoms with Crippen LogP contribution in [0, 0.1) is 11.3 Å². The fourth-order valence-corrected chi connectivity index (χ4v) is 4.28. The van der Waals surface area contributed by atoms with Crippen LogP contribution in [0.3, 0.4) is 0 Å². The number of hydrogen-bond acceptors (Lipinski definition) is 7. The van der Waals surface area contributed by atoms with Crippen LogP contribution in [0.4, 0.5) is 5.69 Å². The molecule has 0 saturated carbocycles. The first-order valence-corrected chi connectivity index (χ1v) is 12.3. The molecule has 3 aromatic heterocycles. The molecule has 0 aliphatic heterocycles. The fourth-order valence-electron chi connectivity index (χ4n) is 3.98. The van der Waals surface area contributed by atoms with Crippen LogP contribution in [-0.2, 0) is 11.2 Å². The molecule has 5 aromatic rings. The maximum atomic E-state index is 13.4. The van der Waals surface area contributed by atoms with Crippen molar-refractivity contribution in [3.05, 3.63) is 117 Å². The number of anilines is 1. The average molecular weight is 557 g/mol. The van der Waals surface area contributed by atoms with Gasteiger partial charge in [-0.25, -0.2) is 14.6 Å². The van der Waals surface area contributed by atoms with E-state index >= 15 is 0 Å². The van der Waals surface area contributed by atoms with Crippen molar-refractivity contribution >= 4 is 34.8 Å². The Labute approximate surface area is 232 Å². The van der Waals surface area contributed by atoms with Gasteiger partial charge in [-0.1, -0.05) is 58.7 Å². The van der Waals surface area contributed by atoms with Gasteiger partial charge in [-0.2, -0.15) is 5.26 Å². The number of pyridine rings is 1. The Bertz CT molecular complexity index is 1740. The van der Waals surface area contributed by atoms with E-state index in [2.05, 4.69) is 25.6 Å². The molecule has 1 amide bonds. The summed E-state index contributed by atoms with van der Waals surface area (Å²) in [5, 5.41) is 20.2. The summed E-state index contributed by atoms with van der Waals surface area (Å²) in [6.07, 6.45) is 4.48. The van der Waals surface area contributed by atoms with Gasteiger partial charge >= 0.3 is 0 Å². The van der Waals surface area contributed by atoms with Gasteiger partial charge in [0.05, 0.1) is 35.8 Å². The molecule has 192 valence electrons. The molecular formula is C27H18Cl2N8O2. The van der Waals surface area contributed by atoms with E-state index in [4.69, 9.17) is 28.5 Å². The number of hydrogen-bond donors (Lipinski definition) is 1. The lowest BCUT2D eigenvalue weighted by molar-refractivity contribution is -0.119. The number of nitrogens with one attached hydrogen (secondary N) is 1.